The third-order valence-electron chi connectivity index (χ3n) is 1.36. The first-order chi connectivity index (χ1) is 4.30. The lowest BCUT2D eigenvalue weighted by Gasteiger charge is -2.02. The van der Waals surface area contributed by atoms with E-state index in [0.717, 1.165) is 18.1 Å². The van der Waals surface area contributed by atoms with E-state index in [4.69, 9.17) is 0 Å². The largest absolute Gasteiger partial charge is 0.355 e. The molecule has 0 spiro atoms. The maximum Gasteiger partial charge on any atom is 0.223 e. The highest BCUT2D eigenvalue weighted by Gasteiger charge is 2.14. The molecule has 0 aromatic carbocycles. The van der Waals surface area contributed by atoms with Crippen molar-refractivity contribution in [2.75, 3.05) is 18.1 Å². The average Bonchev–Trinajstić information content (AvgIpc) is 1.99. The van der Waals surface area contributed by atoms with Crippen molar-refractivity contribution < 1.29 is 4.79 Å². The minimum absolute atomic E-state index is 0.206. The van der Waals surface area contributed by atoms with Gasteiger partial charge in [0.05, 0.1) is 0 Å². The van der Waals surface area contributed by atoms with Crippen molar-refractivity contribution in [1.29, 1.82) is 0 Å². The van der Waals surface area contributed by atoms with E-state index in [0.29, 0.717) is 0 Å². The topological polar surface area (TPSA) is 29.1 Å². The number of hydrogen-bond acceptors (Lipinski definition) is 2. The second-order valence-electron chi connectivity index (χ2n) is 2.27. The second-order valence-corrected chi connectivity index (χ2v) is 3.42. The number of rotatable bonds is 0. The monoisotopic (exact) mass is 145 g/mol. The molecule has 1 amide bonds. The molecule has 9 heavy (non-hydrogen) atoms. The van der Waals surface area contributed by atoms with E-state index >= 15 is 0 Å². The summed E-state index contributed by atoms with van der Waals surface area (Å²) in [6.07, 6.45) is 0. The van der Waals surface area contributed by atoms with Crippen molar-refractivity contribution in [1.82, 2.24) is 5.32 Å². The Bertz CT molecular complexity index is 116. The van der Waals surface area contributed by atoms with E-state index in [1.165, 1.54) is 0 Å². The minimum atomic E-state index is 0.206. The molecule has 2 nitrogen and oxygen atoms in total. The zero-order chi connectivity index (χ0) is 6.69. The molecule has 1 rings (SSSR count). The molecular formula is C6H11NOS. The van der Waals surface area contributed by atoms with Crippen LogP contribution < -0.4 is 5.32 Å². The highest BCUT2D eigenvalue weighted by atomic mass is 32.2. The van der Waals surface area contributed by atoms with Crippen molar-refractivity contribution >= 4 is 17.7 Å². The molecular weight excluding hydrogens is 134 g/mol. The first-order valence-electron chi connectivity index (χ1n) is 3.16. The van der Waals surface area contributed by atoms with Gasteiger partial charge in [-0.15, -0.1) is 0 Å². The summed E-state index contributed by atoms with van der Waals surface area (Å²) in [7, 11) is 0. The van der Waals surface area contributed by atoms with E-state index in [2.05, 4.69) is 5.32 Å². The molecule has 1 aliphatic rings. The number of carbonyl (C=O) groups excluding carboxylic acids is 1. The summed E-state index contributed by atoms with van der Waals surface area (Å²) in [5, 5.41) is 2.83. The SMILES string of the molecule is C[C@@H]1CSCCNC1=O. The van der Waals surface area contributed by atoms with Crippen LogP contribution in [0.2, 0.25) is 0 Å². The Labute approximate surface area is 59.4 Å². The number of hydrogen-bond donors (Lipinski definition) is 1. The molecule has 0 aromatic rings. The molecule has 0 aromatic heterocycles. The van der Waals surface area contributed by atoms with Crippen molar-refractivity contribution in [2.45, 2.75) is 6.92 Å². The first kappa shape index (κ1) is 6.93. The lowest BCUT2D eigenvalue weighted by Crippen LogP contribution is -2.28. The van der Waals surface area contributed by atoms with Crippen molar-refractivity contribution in [3.8, 4) is 0 Å². The van der Waals surface area contributed by atoms with Crippen molar-refractivity contribution in [2.24, 2.45) is 5.92 Å². The van der Waals surface area contributed by atoms with Gasteiger partial charge in [-0.2, -0.15) is 11.8 Å². The Morgan fingerprint density at radius 2 is 2.56 bits per heavy atom. The first-order valence-corrected chi connectivity index (χ1v) is 4.31. The maximum absolute atomic E-state index is 10.9. The molecule has 0 radical (unpaired) electrons. The third-order valence-corrected chi connectivity index (χ3v) is 2.59. The summed E-state index contributed by atoms with van der Waals surface area (Å²) in [5.41, 5.74) is 0. The number of carbonyl (C=O) groups is 1. The summed E-state index contributed by atoms with van der Waals surface area (Å²) in [4.78, 5) is 10.9. The van der Waals surface area contributed by atoms with Crippen LogP contribution in [0.15, 0.2) is 0 Å². The number of nitrogens with one attached hydrogen (secondary N) is 1. The fourth-order valence-electron chi connectivity index (χ4n) is 0.756. The maximum atomic E-state index is 10.9. The van der Waals surface area contributed by atoms with E-state index < -0.39 is 0 Å². The standard InChI is InChI=1S/C6H11NOS/c1-5-4-9-3-2-7-6(5)8/h5H,2-4H2,1H3,(H,7,8)/t5-/m1/s1. The summed E-state index contributed by atoms with van der Waals surface area (Å²) in [6.45, 7) is 2.81. The van der Waals surface area contributed by atoms with Gasteiger partial charge in [0, 0.05) is 24.0 Å². The van der Waals surface area contributed by atoms with Crippen molar-refractivity contribution in [3.05, 3.63) is 0 Å². The van der Waals surface area contributed by atoms with Gasteiger partial charge >= 0.3 is 0 Å². The summed E-state index contributed by atoms with van der Waals surface area (Å²) in [5.74, 6) is 2.46. The van der Waals surface area contributed by atoms with Crippen LogP contribution in [-0.4, -0.2) is 24.0 Å². The molecule has 1 N–H and O–H groups in total. The zero-order valence-electron chi connectivity index (χ0n) is 5.52. The Morgan fingerprint density at radius 3 is 3.33 bits per heavy atom. The quantitative estimate of drug-likeness (QED) is 0.537. The molecule has 1 fully saturated rings. The third kappa shape index (κ3) is 1.90. The Kier molecular flexibility index (Phi) is 2.39. The van der Waals surface area contributed by atoms with Gasteiger partial charge in [-0.25, -0.2) is 0 Å². The molecule has 0 aliphatic carbocycles. The van der Waals surface area contributed by atoms with Gasteiger partial charge in [0.15, 0.2) is 0 Å². The Balaban J connectivity index is 2.41. The van der Waals surface area contributed by atoms with Crippen LogP contribution in [0.4, 0.5) is 0 Å². The fraction of sp³-hybridized carbons (Fsp3) is 0.833. The number of amides is 1. The predicted octanol–water partition coefficient (Wildman–Crippen LogP) is 0.485. The van der Waals surface area contributed by atoms with Gasteiger partial charge in [0.2, 0.25) is 5.91 Å². The molecule has 0 saturated carbocycles. The summed E-state index contributed by atoms with van der Waals surface area (Å²) >= 11 is 1.84. The van der Waals surface area contributed by atoms with Crippen LogP contribution in [-0.2, 0) is 4.79 Å². The molecule has 1 atom stereocenters. The van der Waals surface area contributed by atoms with Gasteiger partial charge in [0.1, 0.15) is 0 Å². The Morgan fingerprint density at radius 1 is 1.78 bits per heavy atom. The van der Waals surface area contributed by atoms with Crippen molar-refractivity contribution in [3.63, 3.8) is 0 Å². The smallest absolute Gasteiger partial charge is 0.223 e. The molecule has 1 saturated heterocycles. The molecule has 1 heterocycles. The van der Waals surface area contributed by atoms with E-state index in [1.54, 1.807) is 0 Å². The second kappa shape index (κ2) is 3.11. The predicted molar refractivity (Wildman–Crippen MR) is 39.5 cm³/mol. The van der Waals surface area contributed by atoms with Gasteiger partial charge in [-0.3, -0.25) is 4.79 Å². The summed E-state index contributed by atoms with van der Waals surface area (Å²) in [6, 6.07) is 0. The van der Waals surface area contributed by atoms with E-state index in [1.807, 2.05) is 18.7 Å². The van der Waals surface area contributed by atoms with Gasteiger partial charge in [0.25, 0.3) is 0 Å². The fourth-order valence-corrected chi connectivity index (χ4v) is 1.67. The van der Waals surface area contributed by atoms with E-state index in [9.17, 15) is 4.79 Å². The van der Waals surface area contributed by atoms with Crippen LogP contribution >= 0.6 is 11.8 Å². The summed E-state index contributed by atoms with van der Waals surface area (Å²) < 4.78 is 0. The molecule has 3 heteroatoms. The number of thioether (sulfide) groups is 1. The van der Waals surface area contributed by atoms with Gasteiger partial charge < -0.3 is 5.32 Å². The highest BCUT2D eigenvalue weighted by Crippen LogP contribution is 2.10. The van der Waals surface area contributed by atoms with Crippen LogP contribution in [0.3, 0.4) is 0 Å². The lowest BCUT2D eigenvalue weighted by atomic mass is 10.2. The zero-order valence-corrected chi connectivity index (χ0v) is 6.33. The molecule has 52 valence electrons. The lowest BCUT2D eigenvalue weighted by molar-refractivity contribution is -0.123. The van der Waals surface area contributed by atoms with E-state index in [-0.39, 0.29) is 11.8 Å². The van der Waals surface area contributed by atoms with Gasteiger partial charge in [-0.1, -0.05) is 6.92 Å². The molecule has 0 bridgehead atoms. The van der Waals surface area contributed by atoms with Crippen LogP contribution in [0.1, 0.15) is 6.92 Å². The molecule has 1 aliphatic heterocycles. The van der Waals surface area contributed by atoms with Gasteiger partial charge in [-0.05, 0) is 0 Å². The van der Waals surface area contributed by atoms with Crippen LogP contribution in [0.25, 0.3) is 0 Å². The molecule has 0 unspecified atom stereocenters. The Hall–Kier alpha value is -0.180. The van der Waals surface area contributed by atoms with Crippen LogP contribution in [0.5, 0.6) is 0 Å². The van der Waals surface area contributed by atoms with Crippen LogP contribution in [0, 0.1) is 5.92 Å². The minimum Gasteiger partial charge on any atom is -0.355 e. The highest BCUT2D eigenvalue weighted by molar-refractivity contribution is 7.99. The average molecular weight is 145 g/mol. The normalized spacial score (nSPS) is 29.0.